The highest BCUT2D eigenvalue weighted by atomic mass is 16.5. The predicted octanol–water partition coefficient (Wildman–Crippen LogP) is 4.02. The maximum absolute atomic E-state index is 5.50. The van der Waals surface area contributed by atoms with Gasteiger partial charge in [0.2, 0.25) is 0 Å². The third-order valence-corrected chi connectivity index (χ3v) is 5.46. The van der Waals surface area contributed by atoms with Gasteiger partial charge in [-0.05, 0) is 31.0 Å². The first kappa shape index (κ1) is 19.2. The normalized spacial score (nSPS) is 17.6. The van der Waals surface area contributed by atoms with Crippen LogP contribution < -0.4 is 5.73 Å². The summed E-state index contributed by atoms with van der Waals surface area (Å²) in [5.74, 6) is 2.04. The lowest BCUT2D eigenvalue weighted by Crippen LogP contribution is -2.14. The fourth-order valence-corrected chi connectivity index (χ4v) is 3.73. The van der Waals surface area contributed by atoms with Gasteiger partial charge in [-0.25, -0.2) is 9.97 Å². The molecule has 3 heterocycles. The zero-order valence-corrected chi connectivity index (χ0v) is 17.2. The minimum Gasteiger partial charge on any atom is -0.405 e. The van der Waals surface area contributed by atoms with E-state index in [1.54, 1.807) is 12.4 Å². The van der Waals surface area contributed by atoms with Crippen LogP contribution >= 0.6 is 0 Å². The molecule has 3 aromatic rings. The van der Waals surface area contributed by atoms with Crippen molar-refractivity contribution in [2.45, 2.75) is 31.7 Å². The summed E-state index contributed by atoms with van der Waals surface area (Å²) in [7, 11) is 0. The number of hydrogen-bond acceptors (Lipinski definition) is 7. The van der Waals surface area contributed by atoms with E-state index in [9.17, 15) is 0 Å². The summed E-state index contributed by atoms with van der Waals surface area (Å²) in [4.78, 5) is 9.27. The molecule has 156 valence electrons. The molecule has 0 saturated heterocycles. The Morgan fingerprint density at radius 2 is 1.90 bits per heavy atom. The molecule has 1 aromatic carbocycles. The minimum atomic E-state index is 0.480. The maximum atomic E-state index is 5.50. The highest BCUT2D eigenvalue weighted by Gasteiger charge is 2.31. The molecule has 2 aromatic heterocycles. The van der Waals surface area contributed by atoms with Crippen molar-refractivity contribution in [2.24, 2.45) is 10.8 Å². The van der Waals surface area contributed by atoms with Crippen LogP contribution in [0.1, 0.15) is 42.3 Å². The largest absolute Gasteiger partial charge is 0.405 e. The maximum Gasteiger partial charge on any atom is 0.180 e. The van der Waals surface area contributed by atoms with E-state index in [-0.39, 0.29) is 0 Å². The molecule has 0 bridgehead atoms. The molecule has 2 aliphatic rings. The molecule has 7 heteroatoms. The monoisotopic (exact) mass is 412 g/mol. The van der Waals surface area contributed by atoms with Gasteiger partial charge >= 0.3 is 0 Å². The summed E-state index contributed by atoms with van der Waals surface area (Å²) in [6, 6.07) is 10.3. The number of allylic oxidation sites excluding steroid dienone is 2. The molecule has 1 fully saturated rings. The first-order valence-electron chi connectivity index (χ1n) is 10.5. The van der Waals surface area contributed by atoms with Gasteiger partial charge in [0.15, 0.2) is 5.82 Å². The fourth-order valence-electron chi connectivity index (χ4n) is 3.73. The van der Waals surface area contributed by atoms with Gasteiger partial charge in [-0.1, -0.05) is 47.6 Å². The average Bonchev–Trinajstić information content (AvgIpc) is 3.39. The Morgan fingerprint density at radius 3 is 2.65 bits per heavy atom. The highest BCUT2D eigenvalue weighted by molar-refractivity contribution is 6.11. The molecule has 7 nitrogen and oxygen atoms in total. The van der Waals surface area contributed by atoms with Gasteiger partial charge in [-0.15, -0.1) is 0 Å². The molecule has 1 aliphatic carbocycles. The van der Waals surface area contributed by atoms with Crippen molar-refractivity contribution in [1.82, 2.24) is 20.1 Å². The van der Waals surface area contributed by atoms with Crippen molar-refractivity contribution in [3.63, 3.8) is 0 Å². The van der Waals surface area contributed by atoms with E-state index in [0.29, 0.717) is 18.3 Å². The molecule has 2 N–H and O–H groups in total. The number of nitrogens with two attached hydrogens (primary N) is 1. The van der Waals surface area contributed by atoms with E-state index in [1.165, 1.54) is 5.56 Å². The van der Waals surface area contributed by atoms with E-state index in [1.807, 2.05) is 41.7 Å². The molecule has 0 atom stereocenters. The van der Waals surface area contributed by atoms with Crippen LogP contribution in [0.25, 0.3) is 11.1 Å². The Kier molecular flexibility index (Phi) is 5.31. The zero-order valence-electron chi connectivity index (χ0n) is 17.2. The third kappa shape index (κ3) is 4.26. The van der Waals surface area contributed by atoms with E-state index < -0.39 is 0 Å². The van der Waals surface area contributed by atoms with Crippen molar-refractivity contribution in [1.29, 1.82) is 0 Å². The number of nitrogens with zero attached hydrogens (tertiary/aromatic N) is 5. The van der Waals surface area contributed by atoms with E-state index in [4.69, 9.17) is 15.4 Å². The molecule has 5 rings (SSSR count). The molecular weight excluding hydrogens is 388 g/mol. The molecule has 0 radical (unpaired) electrons. The number of benzene rings is 1. The van der Waals surface area contributed by atoms with E-state index >= 15 is 0 Å². The van der Waals surface area contributed by atoms with Crippen molar-refractivity contribution in [3.8, 4) is 11.1 Å². The van der Waals surface area contributed by atoms with Gasteiger partial charge in [0.1, 0.15) is 11.5 Å². The van der Waals surface area contributed by atoms with Gasteiger partial charge in [0, 0.05) is 35.0 Å². The van der Waals surface area contributed by atoms with Crippen molar-refractivity contribution in [3.05, 3.63) is 90.0 Å². The summed E-state index contributed by atoms with van der Waals surface area (Å²) in [6.45, 7) is 1.45. The Hall–Kier alpha value is -3.74. The lowest BCUT2D eigenvalue weighted by Gasteiger charge is -2.13. The second-order valence-electron chi connectivity index (χ2n) is 7.82. The van der Waals surface area contributed by atoms with Crippen LogP contribution in [0.3, 0.4) is 0 Å². The van der Waals surface area contributed by atoms with Gasteiger partial charge in [-0.2, -0.15) is 5.10 Å². The lowest BCUT2D eigenvalue weighted by molar-refractivity contribution is 0.323. The standard InChI is InChI=1S/C24H24N6O/c25-11-5-4-8-19-16-30(15-17-6-2-1-3-7-17)29-22(19)24-26-12-20(13-27-24)21-14-28-31-23(21)18-9-10-18/h1-3,5-8,11-14,18H,4,9-10,15-16,25H2/b11-5-,19-8+. The topological polar surface area (TPSA) is 93.4 Å². The predicted molar refractivity (Wildman–Crippen MR) is 119 cm³/mol. The molecule has 0 unspecified atom stereocenters. The average molecular weight is 412 g/mol. The molecule has 1 aliphatic heterocycles. The summed E-state index contributed by atoms with van der Waals surface area (Å²) >= 11 is 0. The Bertz CT molecular complexity index is 1130. The summed E-state index contributed by atoms with van der Waals surface area (Å²) in [6.07, 6.45) is 14.1. The molecule has 0 spiro atoms. The Balaban J connectivity index is 1.41. The second-order valence-corrected chi connectivity index (χ2v) is 7.82. The first-order valence-corrected chi connectivity index (χ1v) is 10.5. The third-order valence-electron chi connectivity index (χ3n) is 5.46. The summed E-state index contributed by atoms with van der Waals surface area (Å²) in [5.41, 5.74) is 10.5. The van der Waals surface area contributed by atoms with Gasteiger partial charge < -0.3 is 10.3 Å². The fraction of sp³-hybridized carbons (Fsp3) is 0.250. The highest BCUT2D eigenvalue weighted by Crippen LogP contribution is 2.44. The molecule has 0 amide bonds. The van der Waals surface area contributed by atoms with Crippen LogP contribution in [-0.2, 0) is 6.54 Å². The molecule has 31 heavy (non-hydrogen) atoms. The quantitative estimate of drug-likeness (QED) is 0.630. The SMILES string of the molecule is N/C=C\C/C=C1\CN(Cc2ccccc2)N=C1c1ncc(-c2cnoc2C2CC2)cn1. The van der Waals surface area contributed by atoms with Crippen LogP contribution in [0.15, 0.2) is 82.5 Å². The number of hydrazone groups is 1. The van der Waals surface area contributed by atoms with Crippen molar-refractivity contribution >= 4 is 5.71 Å². The van der Waals surface area contributed by atoms with Crippen LogP contribution in [-0.4, -0.2) is 32.4 Å². The lowest BCUT2D eigenvalue weighted by atomic mass is 10.1. The van der Waals surface area contributed by atoms with Gasteiger partial charge in [-0.3, -0.25) is 5.01 Å². The van der Waals surface area contributed by atoms with E-state index in [2.05, 4.69) is 33.3 Å². The first-order chi connectivity index (χ1) is 15.3. The van der Waals surface area contributed by atoms with Crippen molar-refractivity contribution < 1.29 is 4.52 Å². The molecule has 1 saturated carbocycles. The zero-order chi connectivity index (χ0) is 21.0. The second kappa shape index (κ2) is 8.55. The minimum absolute atomic E-state index is 0.480. The van der Waals surface area contributed by atoms with Crippen molar-refractivity contribution in [2.75, 3.05) is 6.54 Å². The van der Waals surface area contributed by atoms with Crippen LogP contribution in [0.2, 0.25) is 0 Å². The number of aromatic nitrogens is 3. The molecular formula is C24H24N6O. The Morgan fingerprint density at radius 1 is 1.10 bits per heavy atom. The summed E-state index contributed by atoms with van der Waals surface area (Å²) in [5, 5.41) is 10.9. The van der Waals surface area contributed by atoms with Gasteiger partial charge in [0.05, 0.1) is 19.3 Å². The Labute approximate surface area is 181 Å². The van der Waals surface area contributed by atoms with E-state index in [0.717, 1.165) is 54.0 Å². The summed E-state index contributed by atoms with van der Waals surface area (Å²) < 4.78 is 5.45. The van der Waals surface area contributed by atoms with Crippen LogP contribution in [0.5, 0.6) is 0 Å². The smallest absolute Gasteiger partial charge is 0.180 e. The van der Waals surface area contributed by atoms with Gasteiger partial charge in [0.25, 0.3) is 0 Å². The van der Waals surface area contributed by atoms with Crippen LogP contribution in [0, 0.1) is 0 Å². The van der Waals surface area contributed by atoms with Crippen LogP contribution in [0.4, 0.5) is 0 Å². The number of rotatable bonds is 7. The number of hydrogen-bond donors (Lipinski definition) is 1.